The predicted molar refractivity (Wildman–Crippen MR) is 77.4 cm³/mol. The molecule has 0 aliphatic rings. The summed E-state index contributed by atoms with van der Waals surface area (Å²) in [5.41, 5.74) is 3.54. The largest absolute Gasteiger partial charge is 0.497 e. The molecule has 0 atom stereocenters. The van der Waals surface area contributed by atoms with Gasteiger partial charge in [0, 0.05) is 11.1 Å². The number of ether oxygens (including phenoxy) is 1. The Morgan fingerprint density at radius 1 is 1.00 bits per heavy atom. The van der Waals surface area contributed by atoms with Crippen LogP contribution in [0.4, 0.5) is 0 Å². The molecule has 0 fully saturated rings. The van der Waals surface area contributed by atoms with E-state index >= 15 is 0 Å². The summed E-state index contributed by atoms with van der Waals surface area (Å²) < 4.78 is 5.11. The number of aryl methyl sites for hydroxylation is 1. The number of methoxy groups -OCH3 is 1. The molecule has 94 valence electrons. The van der Waals surface area contributed by atoms with Crippen LogP contribution in [0, 0.1) is 12.3 Å². The molecular weight excluding hydrogens is 246 g/mol. The molecule has 0 radical (unpaired) electrons. The Morgan fingerprint density at radius 2 is 1.61 bits per heavy atom. The van der Waals surface area contributed by atoms with E-state index in [0.717, 1.165) is 22.4 Å². The lowest BCUT2D eigenvalue weighted by Crippen LogP contribution is -2.03. The Labute approximate surface area is 114 Å². The van der Waals surface area contributed by atoms with Gasteiger partial charge in [-0.1, -0.05) is 24.3 Å². The van der Waals surface area contributed by atoms with Gasteiger partial charge in [0.25, 0.3) is 0 Å². The Bertz CT molecular complexity index is 534. The Kier molecular flexibility index (Phi) is 4.93. The number of benzene rings is 2. The van der Waals surface area contributed by atoms with Gasteiger partial charge in [-0.2, -0.15) is 0 Å². The maximum absolute atomic E-state index is 8.20. The van der Waals surface area contributed by atoms with Gasteiger partial charge in [0.2, 0.25) is 0 Å². The van der Waals surface area contributed by atoms with Gasteiger partial charge in [-0.3, -0.25) is 5.41 Å². The van der Waals surface area contributed by atoms with Crippen molar-refractivity contribution < 1.29 is 4.74 Å². The predicted octanol–water partition coefficient (Wildman–Crippen LogP) is 3.84. The molecule has 0 aliphatic carbocycles. The summed E-state index contributed by atoms with van der Waals surface area (Å²) in [7, 11) is 1.64. The highest BCUT2D eigenvalue weighted by atomic mass is 35.5. The monoisotopic (exact) mass is 261 g/mol. The normalized spacial score (nSPS) is 9.44. The quantitative estimate of drug-likeness (QED) is 0.837. The van der Waals surface area contributed by atoms with Gasteiger partial charge in [-0.25, -0.2) is 0 Å². The van der Waals surface area contributed by atoms with Crippen molar-refractivity contribution >= 4 is 18.1 Å². The van der Waals surface area contributed by atoms with Gasteiger partial charge in [-0.05, 0) is 36.8 Å². The average Bonchev–Trinajstić information content (AvgIpc) is 2.39. The van der Waals surface area contributed by atoms with Crippen LogP contribution in [-0.4, -0.2) is 12.8 Å². The minimum absolute atomic E-state index is 0. The fourth-order valence-electron chi connectivity index (χ4n) is 1.77. The molecule has 0 saturated heterocycles. The van der Waals surface area contributed by atoms with E-state index in [2.05, 4.69) is 0 Å². The molecule has 0 aromatic heterocycles. The standard InChI is InChI=1S/C15H15NO.ClH/c1-11-5-3-4-6-14(11)15(16)12-7-9-13(17-2)10-8-12;/h3-10,16H,1-2H3;1H. The molecule has 2 aromatic rings. The van der Waals surface area contributed by atoms with Crippen LogP contribution in [0.2, 0.25) is 0 Å². The van der Waals surface area contributed by atoms with E-state index in [4.69, 9.17) is 10.1 Å². The van der Waals surface area contributed by atoms with E-state index in [-0.39, 0.29) is 12.4 Å². The molecular formula is C15H16ClNO. The summed E-state index contributed by atoms with van der Waals surface area (Å²) in [6.45, 7) is 2.02. The van der Waals surface area contributed by atoms with Gasteiger partial charge < -0.3 is 4.74 Å². The summed E-state index contributed by atoms with van der Waals surface area (Å²) in [5, 5.41) is 8.20. The second-order valence-electron chi connectivity index (χ2n) is 3.92. The number of halogens is 1. The zero-order chi connectivity index (χ0) is 12.3. The van der Waals surface area contributed by atoms with Crippen molar-refractivity contribution in [2.45, 2.75) is 6.92 Å². The SMILES string of the molecule is COc1ccc(C(=N)c2ccccc2C)cc1.Cl. The van der Waals surface area contributed by atoms with Crippen molar-refractivity contribution in [2.24, 2.45) is 0 Å². The minimum Gasteiger partial charge on any atom is -0.497 e. The maximum Gasteiger partial charge on any atom is 0.118 e. The van der Waals surface area contributed by atoms with E-state index in [1.54, 1.807) is 7.11 Å². The lowest BCUT2D eigenvalue weighted by molar-refractivity contribution is 0.415. The highest BCUT2D eigenvalue weighted by Gasteiger charge is 2.06. The van der Waals surface area contributed by atoms with E-state index in [9.17, 15) is 0 Å². The first-order valence-corrected chi connectivity index (χ1v) is 5.51. The van der Waals surface area contributed by atoms with Gasteiger partial charge in [0.15, 0.2) is 0 Å². The summed E-state index contributed by atoms with van der Waals surface area (Å²) in [5.74, 6) is 0.811. The van der Waals surface area contributed by atoms with Crippen molar-refractivity contribution in [3.8, 4) is 5.75 Å². The molecule has 0 aliphatic heterocycles. The number of hydrogen-bond acceptors (Lipinski definition) is 2. The molecule has 0 saturated carbocycles. The van der Waals surface area contributed by atoms with Crippen molar-refractivity contribution in [3.05, 3.63) is 65.2 Å². The van der Waals surface area contributed by atoms with E-state index in [1.807, 2.05) is 55.5 Å². The second kappa shape index (κ2) is 6.22. The first kappa shape index (κ1) is 14.3. The van der Waals surface area contributed by atoms with Crippen LogP contribution in [0.25, 0.3) is 0 Å². The Balaban J connectivity index is 0.00000162. The minimum atomic E-state index is 0. The van der Waals surface area contributed by atoms with Gasteiger partial charge in [0.05, 0.1) is 12.8 Å². The van der Waals surface area contributed by atoms with Crippen LogP contribution in [-0.2, 0) is 0 Å². The molecule has 0 spiro atoms. The highest BCUT2D eigenvalue weighted by Crippen LogP contribution is 2.16. The lowest BCUT2D eigenvalue weighted by atomic mass is 9.98. The third-order valence-electron chi connectivity index (χ3n) is 2.79. The number of rotatable bonds is 3. The van der Waals surface area contributed by atoms with Crippen molar-refractivity contribution in [2.75, 3.05) is 7.11 Å². The second-order valence-corrected chi connectivity index (χ2v) is 3.92. The molecule has 2 aromatic carbocycles. The molecule has 0 unspecified atom stereocenters. The summed E-state index contributed by atoms with van der Waals surface area (Å²) in [6, 6.07) is 15.5. The van der Waals surface area contributed by atoms with E-state index < -0.39 is 0 Å². The van der Waals surface area contributed by atoms with Gasteiger partial charge >= 0.3 is 0 Å². The topological polar surface area (TPSA) is 33.1 Å². The highest BCUT2D eigenvalue weighted by molar-refractivity contribution is 6.11. The molecule has 2 rings (SSSR count). The zero-order valence-corrected chi connectivity index (χ0v) is 11.3. The van der Waals surface area contributed by atoms with Gasteiger partial charge in [0.1, 0.15) is 5.75 Å². The zero-order valence-electron chi connectivity index (χ0n) is 10.4. The van der Waals surface area contributed by atoms with Crippen molar-refractivity contribution in [1.82, 2.24) is 0 Å². The molecule has 1 N–H and O–H groups in total. The Morgan fingerprint density at radius 3 is 2.17 bits per heavy atom. The third kappa shape index (κ3) is 2.90. The van der Waals surface area contributed by atoms with Crippen molar-refractivity contribution in [1.29, 1.82) is 5.41 Å². The smallest absolute Gasteiger partial charge is 0.118 e. The van der Waals surface area contributed by atoms with Crippen LogP contribution >= 0.6 is 12.4 Å². The molecule has 2 nitrogen and oxygen atoms in total. The fraction of sp³-hybridized carbons (Fsp3) is 0.133. The van der Waals surface area contributed by atoms with E-state index in [0.29, 0.717) is 5.71 Å². The molecule has 0 amide bonds. The van der Waals surface area contributed by atoms with E-state index in [1.165, 1.54) is 0 Å². The third-order valence-corrected chi connectivity index (χ3v) is 2.79. The van der Waals surface area contributed by atoms with Gasteiger partial charge in [-0.15, -0.1) is 12.4 Å². The van der Waals surface area contributed by atoms with Crippen LogP contribution in [0.3, 0.4) is 0 Å². The number of hydrogen-bond donors (Lipinski definition) is 1. The summed E-state index contributed by atoms with van der Waals surface area (Å²) in [6.07, 6.45) is 0. The van der Waals surface area contributed by atoms with Crippen LogP contribution in [0.5, 0.6) is 5.75 Å². The van der Waals surface area contributed by atoms with Crippen LogP contribution < -0.4 is 4.74 Å². The number of nitrogens with one attached hydrogen (secondary N) is 1. The van der Waals surface area contributed by atoms with Crippen molar-refractivity contribution in [3.63, 3.8) is 0 Å². The molecule has 18 heavy (non-hydrogen) atoms. The first-order valence-electron chi connectivity index (χ1n) is 5.51. The molecule has 0 heterocycles. The average molecular weight is 262 g/mol. The van der Waals surface area contributed by atoms with Crippen LogP contribution in [0.15, 0.2) is 48.5 Å². The molecule has 0 bridgehead atoms. The first-order chi connectivity index (χ1) is 8.22. The Hall–Kier alpha value is -1.80. The summed E-state index contributed by atoms with van der Waals surface area (Å²) >= 11 is 0. The summed E-state index contributed by atoms with van der Waals surface area (Å²) in [4.78, 5) is 0. The lowest BCUT2D eigenvalue weighted by Gasteiger charge is -2.08. The van der Waals surface area contributed by atoms with Crippen LogP contribution in [0.1, 0.15) is 16.7 Å². The fourth-order valence-corrected chi connectivity index (χ4v) is 1.77. The molecule has 3 heteroatoms. The maximum atomic E-state index is 8.20.